The molecule has 0 aromatic rings. The fourth-order valence-corrected chi connectivity index (χ4v) is 13.4. The summed E-state index contributed by atoms with van der Waals surface area (Å²) in [7, 11) is -0.199. The first-order valence-electron chi connectivity index (χ1n) is 14.0. The van der Waals surface area contributed by atoms with Crippen LogP contribution in [0.3, 0.4) is 0 Å². The van der Waals surface area contributed by atoms with Crippen LogP contribution in [0.2, 0.25) is 0 Å². The fourth-order valence-electron chi connectivity index (χ4n) is 11.4. The molecule has 2 N–H and O–H groups in total. The average molecular weight is 604 g/mol. The lowest BCUT2D eigenvalue weighted by Crippen LogP contribution is -2.64. The Bertz CT molecular complexity index is 818. The maximum atomic E-state index is 11.4. The van der Waals surface area contributed by atoms with E-state index in [-0.39, 0.29) is 20.4 Å². The van der Waals surface area contributed by atoms with Gasteiger partial charge in [0.05, 0.1) is 0 Å². The van der Waals surface area contributed by atoms with E-state index in [0.717, 1.165) is 11.8 Å². The Hall–Kier alpha value is -0.110. The highest BCUT2D eigenvalue weighted by Crippen LogP contribution is 2.69. The number of amides is 1. The first-order chi connectivity index (χ1) is 17.1. The monoisotopic (exact) mass is 602 g/mol. The maximum absolute atomic E-state index is 11.4. The summed E-state index contributed by atoms with van der Waals surface area (Å²) in [6.07, 6.45) is 18.2. The van der Waals surface area contributed by atoms with Gasteiger partial charge in [0.2, 0.25) is 5.91 Å². The van der Waals surface area contributed by atoms with E-state index in [2.05, 4.69) is 68.5 Å². The second-order valence-corrected chi connectivity index (χ2v) is 17.4. The number of rotatable bonds is 5. The Labute approximate surface area is 233 Å². The van der Waals surface area contributed by atoms with Gasteiger partial charge in [-0.15, -0.1) is 0 Å². The summed E-state index contributed by atoms with van der Waals surface area (Å²) in [5.74, 6) is 2.05. The number of nitrogens with zero attached hydrogens (tertiary/aromatic N) is 1. The molecule has 9 heteroatoms. The third kappa shape index (κ3) is 7.16. The molecule has 8 saturated carbocycles. The molecule has 37 heavy (non-hydrogen) atoms. The van der Waals surface area contributed by atoms with E-state index in [9.17, 15) is 4.79 Å². The van der Waals surface area contributed by atoms with Crippen molar-refractivity contribution in [3.8, 4) is 0 Å². The molecule has 8 rings (SSSR count). The number of hydrogen-bond acceptors (Lipinski definition) is 6. The SMILES string of the molecule is CC(=O)NC12CC3CC(C)(CC(C)(C3)C1)C2.CC12CC3CC(C)(C1)CC(Br)(C3)C2.CC=NPOOOO. The number of hydrogen-bond donors (Lipinski definition) is 2. The van der Waals surface area contributed by atoms with Crippen molar-refractivity contribution in [1.29, 1.82) is 0 Å². The number of nitrogens with one attached hydrogen (secondary N) is 1. The Morgan fingerprint density at radius 3 is 1.76 bits per heavy atom. The van der Waals surface area contributed by atoms with Crippen molar-refractivity contribution >= 4 is 37.0 Å². The summed E-state index contributed by atoms with van der Waals surface area (Å²) in [5, 5.41) is 17.5. The van der Waals surface area contributed by atoms with Gasteiger partial charge in [0.1, 0.15) is 0 Å². The Morgan fingerprint density at radius 2 is 1.38 bits per heavy atom. The lowest BCUT2D eigenvalue weighted by atomic mass is 9.43. The molecule has 8 fully saturated rings. The molecular weight excluding hydrogens is 555 g/mol. The lowest BCUT2D eigenvalue weighted by molar-refractivity contribution is -0.593. The predicted octanol–water partition coefficient (Wildman–Crippen LogP) is 7.94. The molecule has 0 aromatic carbocycles. The molecule has 0 saturated heterocycles. The lowest BCUT2D eigenvalue weighted by Gasteiger charge is -2.65. The van der Waals surface area contributed by atoms with E-state index in [1.165, 1.54) is 77.0 Å². The molecule has 0 spiro atoms. The van der Waals surface area contributed by atoms with E-state index < -0.39 is 0 Å². The average Bonchev–Trinajstić information content (AvgIpc) is 2.65. The van der Waals surface area contributed by atoms with Gasteiger partial charge in [0, 0.05) is 23.0 Å². The predicted molar refractivity (Wildman–Crippen MR) is 151 cm³/mol. The van der Waals surface area contributed by atoms with Crippen molar-refractivity contribution in [2.24, 2.45) is 38.3 Å². The Morgan fingerprint density at radius 1 is 0.892 bits per heavy atom. The van der Waals surface area contributed by atoms with Gasteiger partial charge in [-0.3, -0.25) is 4.79 Å². The summed E-state index contributed by atoms with van der Waals surface area (Å²) in [6.45, 7) is 13.3. The summed E-state index contributed by atoms with van der Waals surface area (Å²) < 4.78 is 8.19. The van der Waals surface area contributed by atoms with Gasteiger partial charge in [-0.2, -0.15) is 4.67 Å². The van der Waals surface area contributed by atoms with Crippen LogP contribution in [0.4, 0.5) is 0 Å². The van der Waals surface area contributed by atoms with Crippen molar-refractivity contribution in [1.82, 2.24) is 5.32 Å². The van der Waals surface area contributed by atoms with Crippen molar-refractivity contribution in [3.05, 3.63) is 0 Å². The van der Waals surface area contributed by atoms with Gasteiger partial charge >= 0.3 is 0 Å². The van der Waals surface area contributed by atoms with Crippen LogP contribution in [0.15, 0.2) is 4.76 Å². The highest BCUT2D eigenvalue weighted by atomic mass is 79.9. The number of halogens is 1. The fraction of sp³-hybridized carbons (Fsp3) is 0.929. The van der Waals surface area contributed by atoms with Crippen LogP contribution in [-0.2, 0) is 19.5 Å². The van der Waals surface area contributed by atoms with E-state index in [1.807, 2.05) is 0 Å². The molecule has 0 heterocycles. The van der Waals surface area contributed by atoms with E-state index in [1.54, 1.807) is 20.1 Å². The van der Waals surface area contributed by atoms with Gasteiger partial charge in [-0.05, 0) is 128 Å². The van der Waals surface area contributed by atoms with Crippen LogP contribution in [-0.4, -0.2) is 27.2 Å². The molecule has 5 unspecified atom stereocenters. The summed E-state index contributed by atoms with van der Waals surface area (Å²) in [4.78, 5) is 11.4. The zero-order valence-corrected chi connectivity index (χ0v) is 26.2. The highest BCUT2D eigenvalue weighted by molar-refractivity contribution is 9.10. The molecule has 8 aliphatic carbocycles. The smallest absolute Gasteiger partial charge is 0.217 e. The molecule has 0 aromatic heterocycles. The van der Waals surface area contributed by atoms with Gasteiger partial charge < -0.3 is 5.32 Å². The van der Waals surface area contributed by atoms with E-state index in [4.69, 9.17) is 5.26 Å². The van der Waals surface area contributed by atoms with Crippen LogP contribution in [0.1, 0.15) is 119 Å². The largest absolute Gasteiger partial charge is 0.351 e. The molecule has 5 atom stereocenters. The second kappa shape index (κ2) is 10.7. The topological polar surface area (TPSA) is 89.4 Å². The van der Waals surface area contributed by atoms with Gasteiger partial charge in [-0.25, -0.2) is 10.0 Å². The third-order valence-electron chi connectivity index (χ3n) is 9.91. The molecule has 0 aliphatic heterocycles. The minimum Gasteiger partial charge on any atom is -0.351 e. The van der Waals surface area contributed by atoms with E-state index >= 15 is 0 Å². The summed E-state index contributed by atoms with van der Waals surface area (Å²) in [5.41, 5.74) is 2.50. The zero-order chi connectivity index (χ0) is 27.2. The first kappa shape index (κ1) is 29.9. The molecule has 0 radical (unpaired) electrons. The standard InChI is InChI=1S/C14H23NO.C12H19Br.C2H6NO4P/c1-10(16)15-14-6-11-4-12(2,8-14)7-13(3,5-11)9-14;1-10-3-9-4-11(2,6-10)8-12(13,5-9)7-10;1-2-3-8-7-6-5-4/h11H,4-9H2,1-3H3,(H,15,16);9H,3-8H2,1-2H3;2,4,8H,1H3. The Kier molecular flexibility index (Phi) is 8.64. The number of carbonyl (C=O) groups excluding carboxylic acids is 1. The summed E-state index contributed by atoms with van der Waals surface area (Å²) in [6, 6.07) is 0. The Balaban J connectivity index is 0.000000138. The van der Waals surface area contributed by atoms with Crippen LogP contribution in [0.5, 0.6) is 0 Å². The second-order valence-electron chi connectivity index (χ2n) is 15.1. The molecule has 8 aliphatic rings. The van der Waals surface area contributed by atoms with Crippen molar-refractivity contribution in [2.75, 3.05) is 0 Å². The van der Waals surface area contributed by atoms with Crippen LogP contribution < -0.4 is 5.32 Å². The number of alkyl halides is 1. The van der Waals surface area contributed by atoms with Crippen LogP contribution in [0.25, 0.3) is 0 Å². The zero-order valence-electron chi connectivity index (χ0n) is 23.6. The van der Waals surface area contributed by atoms with Crippen LogP contribution >= 0.6 is 24.9 Å². The van der Waals surface area contributed by atoms with Gasteiger partial charge in [0.25, 0.3) is 0 Å². The molecule has 212 valence electrons. The third-order valence-corrected chi connectivity index (χ3v) is 11.3. The van der Waals surface area contributed by atoms with Crippen molar-refractivity contribution in [3.63, 3.8) is 0 Å². The van der Waals surface area contributed by atoms with Gasteiger partial charge in [-0.1, -0.05) is 43.6 Å². The quantitative estimate of drug-likeness (QED) is 0.0832. The molecule has 7 nitrogen and oxygen atoms in total. The molecule has 1 amide bonds. The van der Waals surface area contributed by atoms with Crippen LogP contribution in [0, 0.1) is 33.5 Å². The summed E-state index contributed by atoms with van der Waals surface area (Å²) >= 11 is 4.03. The van der Waals surface area contributed by atoms with Crippen molar-refractivity contribution in [2.45, 2.75) is 128 Å². The van der Waals surface area contributed by atoms with Crippen molar-refractivity contribution < 1.29 is 24.8 Å². The number of carbonyl (C=O) groups is 1. The minimum atomic E-state index is -0.199. The maximum Gasteiger partial charge on any atom is 0.217 e. The highest BCUT2D eigenvalue weighted by Gasteiger charge is 2.61. The molecular formula is C28H48BrN2O5P. The minimum absolute atomic E-state index is 0.148. The first-order valence-corrected chi connectivity index (χ1v) is 15.6. The van der Waals surface area contributed by atoms with E-state index in [0.29, 0.717) is 26.0 Å². The molecule has 8 bridgehead atoms. The normalized spacial score (nSPS) is 48.6. The van der Waals surface area contributed by atoms with Gasteiger partial charge in [0.15, 0.2) is 8.96 Å².